The van der Waals surface area contributed by atoms with Crippen LogP contribution < -0.4 is 5.32 Å². The van der Waals surface area contributed by atoms with Gasteiger partial charge in [-0.15, -0.1) is 0 Å². The monoisotopic (exact) mass is 270 g/mol. The Morgan fingerprint density at radius 3 is 2.44 bits per heavy atom. The Hall–Kier alpha value is -0.910. The van der Waals surface area contributed by atoms with Gasteiger partial charge in [0.15, 0.2) is 0 Å². The molecular weight excluding hydrogens is 248 g/mol. The van der Waals surface area contributed by atoms with Gasteiger partial charge in [-0.3, -0.25) is 0 Å². The summed E-state index contributed by atoms with van der Waals surface area (Å²) < 4.78 is 26.3. The minimum absolute atomic E-state index is 0.0535. The van der Waals surface area contributed by atoms with Crippen molar-refractivity contribution in [2.75, 3.05) is 13.6 Å². The van der Waals surface area contributed by atoms with E-state index in [-0.39, 0.29) is 6.04 Å². The molecule has 1 aromatic rings. The van der Waals surface area contributed by atoms with Crippen molar-refractivity contribution >= 4 is 10.0 Å². The van der Waals surface area contributed by atoms with Crippen LogP contribution in [-0.2, 0) is 16.6 Å². The average Bonchev–Trinajstić information content (AvgIpc) is 2.35. The predicted molar refractivity (Wildman–Crippen MR) is 73.9 cm³/mol. The van der Waals surface area contributed by atoms with Crippen LogP contribution >= 0.6 is 0 Å². The van der Waals surface area contributed by atoms with Crippen LogP contribution in [0.3, 0.4) is 0 Å². The van der Waals surface area contributed by atoms with Gasteiger partial charge < -0.3 is 5.32 Å². The molecule has 0 spiro atoms. The van der Waals surface area contributed by atoms with E-state index >= 15 is 0 Å². The van der Waals surface area contributed by atoms with Crippen molar-refractivity contribution in [2.45, 2.75) is 38.3 Å². The second-order valence-corrected chi connectivity index (χ2v) is 6.47. The van der Waals surface area contributed by atoms with Gasteiger partial charge >= 0.3 is 0 Å². The Kier molecular flexibility index (Phi) is 5.31. The minimum Gasteiger partial charge on any atom is -0.313 e. The van der Waals surface area contributed by atoms with Crippen LogP contribution in [0.5, 0.6) is 0 Å². The van der Waals surface area contributed by atoms with Crippen LogP contribution in [0.25, 0.3) is 0 Å². The molecule has 1 rings (SSSR count). The standard InChI is InChI=1S/C13H22N2O2S/c1-5-14-10-12-8-6-7-9-13(12)18(16,17)15(4)11(2)3/h6-9,11,14H,5,10H2,1-4H3. The summed E-state index contributed by atoms with van der Waals surface area (Å²) in [7, 11) is -1.79. The molecule has 0 aliphatic heterocycles. The van der Waals surface area contributed by atoms with Crippen molar-refractivity contribution < 1.29 is 8.42 Å². The van der Waals surface area contributed by atoms with E-state index in [0.717, 1.165) is 12.1 Å². The molecule has 0 bridgehead atoms. The molecule has 102 valence electrons. The van der Waals surface area contributed by atoms with Crippen molar-refractivity contribution in [2.24, 2.45) is 0 Å². The third-order valence-electron chi connectivity index (χ3n) is 2.92. The lowest BCUT2D eigenvalue weighted by atomic mass is 10.2. The first-order valence-electron chi connectivity index (χ1n) is 6.18. The number of hydrogen-bond acceptors (Lipinski definition) is 3. The summed E-state index contributed by atoms with van der Waals surface area (Å²) in [5.74, 6) is 0. The summed E-state index contributed by atoms with van der Waals surface area (Å²) in [4.78, 5) is 0.391. The van der Waals surface area contributed by atoms with E-state index in [9.17, 15) is 8.42 Å². The highest BCUT2D eigenvalue weighted by molar-refractivity contribution is 7.89. The fourth-order valence-corrected chi connectivity index (χ4v) is 3.18. The summed E-state index contributed by atoms with van der Waals surface area (Å²) in [6.07, 6.45) is 0. The van der Waals surface area contributed by atoms with E-state index in [1.165, 1.54) is 4.31 Å². The van der Waals surface area contributed by atoms with Crippen LogP contribution in [-0.4, -0.2) is 32.4 Å². The summed E-state index contributed by atoms with van der Waals surface area (Å²) in [6, 6.07) is 7.09. The van der Waals surface area contributed by atoms with E-state index in [1.807, 2.05) is 32.9 Å². The van der Waals surface area contributed by atoms with Gasteiger partial charge in [-0.25, -0.2) is 8.42 Å². The number of nitrogens with zero attached hydrogens (tertiary/aromatic N) is 1. The zero-order valence-electron chi connectivity index (χ0n) is 11.5. The highest BCUT2D eigenvalue weighted by atomic mass is 32.2. The third-order valence-corrected chi connectivity index (χ3v) is 5.06. The molecule has 0 heterocycles. The topological polar surface area (TPSA) is 49.4 Å². The molecule has 0 atom stereocenters. The molecule has 0 amide bonds. The lowest BCUT2D eigenvalue weighted by Gasteiger charge is -2.22. The number of hydrogen-bond donors (Lipinski definition) is 1. The molecule has 1 N–H and O–H groups in total. The van der Waals surface area contributed by atoms with Gasteiger partial charge in [-0.05, 0) is 32.0 Å². The van der Waals surface area contributed by atoms with Crippen LogP contribution in [0, 0.1) is 0 Å². The summed E-state index contributed by atoms with van der Waals surface area (Å²) in [5.41, 5.74) is 0.812. The smallest absolute Gasteiger partial charge is 0.243 e. The normalized spacial score (nSPS) is 12.3. The maximum atomic E-state index is 12.5. The van der Waals surface area contributed by atoms with E-state index in [1.54, 1.807) is 19.2 Å². The SMILES string of the molecule is CCNCc1ccccc1S(=O)(=O)N(C)C(C)C. The lowest BCUT2D eigenvalue weighted by molar-refractivity contribution is 0.410. The molecule has 18 heavy (non-hydrogen) atoms. The first-order chi connectivity index (χ1) is 8.41. The molecule has 0 saturated carbocycles. The Bertz CT molecular complexity index is 484. The summed E-state index contributed by atoms with van der Waals surface area (Å²) >= 11 is 0. The highest BCUT2D eigenvalue weighted by Crippen LogP contribution is 2.20. The molecule has 5 heteroatoms. The van der Waals surface area contributed by atoms with Gasteiger partial charge in [0.1, 0.15) is 0 Å². The van der Waals surface area contributed by atoms with Crippen molar-refractivity contribution in [1.29, 1.82) is 0 Å². The molecule has 0 radical (unpaired) electrons. The molecule has 1 aromatic carbocycles. The Morgan fingerprint density at radius 2 is 1.89 bits per heavy atom. The molecular formula is C13H22N2O2S. The van der Waals surface area contributed by atoms with E-state index in [2.05, 4.69) is 5.32 Å². The number of sulfonamides is 1. The minimum atomic E-state index is -3.41. The quantitative estimate of drug-likeness (QED) is 0.858. The second-order valence-electron chi connectivity index (χ2n) is 4.50. The van der Waals surface area contributed by atoms with Crippen molar-refractivity contribution in [3.05, 3.63) is 29.8 Å². The predicted octanol–water partition coefficient (Wildman–Crippen LogP) is 1.83. The molecule has 0 fully saturated rings. The Morgan fingerprint density at radius 1 is 1.28 bits per heavy atom. The Labute approximate surface area is 110 Å². The van der Waals surface area contributed by atoms with Crippen LogP contribution in [0.2, 0.25) is 0 Å². The molecule has 0 aliphatic carbocycles. The molecule has 0 saturated heterocycles. The fourth-order valence-electron chi connectivity index (χ4n) is 1.59. The first-order valence-corrected chi connectivity index (χ1v) is 7.62. The zero-order valence-corrected chi connectivity index (χ0v) is 12.3. The zero-order chi connectivity index (χ0) is 13.8. The van der Waals surface area contributed by atoms with Crippen molar-refractivity contribution in [3.8, 4) is 0 Å². The van der Waals surface area contributed by atoms with Crippen LogP contribution in [0.1, 0.15) is 26.3 Å². The van der Waals surface area contributed by atoms with Gasteiger partial charge in [-0.1, -0.05) is 25.1 Å². The average molecular weight is 270 g/mol. The maximum Gasteiger partial charge on any atom is 0.243 e. The largest absolute Gasteiger partial charge is 0.313 e. The Balaban J connectivity index is 3.16. The number of rotatable bonds is 6. The number of benzene rings is 1. The molecule has 0 aliphatic rings. The van der Waals surface area contributed by atoms with Crippen LogP contribution in [0.15, 0.2) is 29.2 Å². The van der Waals surface area contributed by atoms with Gasteiger partial charge in [0.2, 0.25) is 10.0 Å². The lowest BCUT2D eigenvalue weighted by Crippen LogP contribution is -2.34. The molecule has 0 unspecified atom stereocenters. The first kappa shape index (κ1) is 15.1. The van der Waals surface area contributed by atoms with Gasteiger partial charge in [0.25, 0.3) is 0 Å². The number of nitrogens with one attached hydrogen (secondary N) is 1. The van der Waals surface area contributed by atoms with E-state index in [0.29, 0.717) is 11.4 Å². The molecule has 4 nitrogen and oxygen atoms in total. The van der Waals surface area contributed by atoms with Crippen molar-refractivity contribution in [3.63, 3.8) is 0 Å². The van der Waals surface area contributed by atoms with E-state index in [4.69, 9.17) is 0 Å². The summed E-state index contributed by atoms with van der Waals surface area (Å²) in [5, 5.41) is 3.16. The van der Waals surface area contributed by atoms with Crippen LogP contribution in [0.4, 0.5) is 0 Å². The maximum absolute atomic E-state index is 12.5. The second kappa shape index (κ2) is 6.31. The van der Waals surface area contributed by atoms with Crippen molar-refractivity contribution in [1.82, 2.24) is 9.62 Å². The van der Waals surface area contributed by atoms with E-state index < -0.39 is 10.0 Å². The highest BCUT2D eigenvalue weighted by Gasteiger charge is 2.25. The van der Waals surface area contributed by atoms with Gasteiger partial charge in [0.05, 0.1) is 4.90 Å². The summed E-state index contributed by atoms with van der Waals surface area (Å²) in [6.45, 7) is 7.11. The van der Waals surface area contributed by atoms with Gasteiger partial charge in [-0.2, -0.15) is 4.31 Å². The third kappa shape index (κ3) is 3.31. The fraction of sp³-hybridized carbons (Fsp3) is 0.538. The van der Waals surface area contributed by atoms with Gasteiger partial charge in [0, 0.05) is 19.6 Å². The molecule has 0 aromatic heterocycles.